The van der Waals surface area contributed by atoms with Crippen LogP contribution in [0.4, 0.5) is 5.69 Å². The fraction of sp³-hybridized carbons (Fsp3) is 0.533. The molecule has 1 aliphatic carbocycles. The van der Waals surface area contributed by atoms with Gasteiger partial charge < -0.3 is 20.9 Å². The van der Waals surface area contributed by atoms with Crippen LogP contribution in [0.5, 0.6) is 11.5 Å². The maximum atomic E-state index is 12.5. The van der Waals surface area contributed by atoms with Crippen LogP contribution in [0, 0.1) is 5.41 Å². The molecule has 1 amide bonds. The Labute approximate surface area is 119 Å². The van der Waals surface area contributed by atoms with E-state index in [0.717, 1.165) is 32.1 Å². The summed E-state index contributed by atoms with van der Waals surface area (Å²) in [5.41, 5.74) is 5.74. The minimum atomic E-state index is -0.495. The third-order valence-corrected chi connectivity index (χ3v) is 4.14. The summed E-state index contributed by atoms with van der Waals surface area (Å²) in [7, 11) is 1.53. The number of carbonyl (C=O) groups is 1. The van der Waals surface area contributed by atoms with E-state index >= 15 is 0 Å². The standard InChI is InChI=1S/C15H22N2O3/c1-20-11-5-6-12(13(18)9-11)17-14(19)15(10-16)7-3-2-4-8-15/h5-6,9,18H,2-4,7-8,10,16H2,1H3,(H,17,19). The number of benzene rings is 1. The van der Waals surface area contributed by atoms with Crippen molar-refractivity contribution < 1.29 is 14.6 Å². The molecule has 0 heterocycles. The van der Waals surface area contributed by atoms with E-state index in [1.807, 2.05) is 0 Å². The lowest BCUT2D eigenvalue weighted by Gasteiger charge is -2.34. The summed E-state index contributed by atoms with van der Waals surface area (Å²) in [6, 6.07) is 4.82. The number of amides is 1. The Hall–Kier alpha value is -1.75. The largest absolute Gasteiger partial charge is 0.506 e. The Bertz CT molecular complexity index is 482. The van der Waals surface area contributed by atoms with E-state index in [1.54, 1.807) is 12.1 Å². The van der Waals surface area contributed by atoms with Gasteiger partial charge in [0.15, 0.2) is 0 Å². The molecule has 5 nitrogen and oxygen atoms in total. The van der Waals surface area contributed by atoms with Crippen molar-refractivity contribution in [2.45, 2.75) is 32.1 Å². The SMILES string of the molecule is COc1ccc(NC(=O)C2(CN)CCCCC2)c(O)c1. The highest BCUT2D eigenvalue weighted by molar-refractivity contribution is 5.96. The Balaban J connectivity index is 2.14. The molecule has 0 spiro atoms. The van der Waals surface area contributed by atoms with Crippen molar-refractivity contribution in [3.8, 4) is 11.5 Å². The van der Waals surface area contributed by atoms with Crippen LogP contribution in [0.2, 0.25) is 0 Å². The van der Waals surface area contributed by atoms with E-state index in [-0.39, 0.29) is 11.7 Å². The molecule has 20 heavy (non-hydrogen) atoms. The first-order chi connectivity index (χ1) is 9.61. The molecule has 1 fully saturated rings. The number of carbonyl (C=O) groups excluding carboxylic acids is 1. The molecular weight excluding hydrogens is 256 g/mol. The molecule has 0 atom stereocenters. The Morgan fingerprint density at radius 3 is 2.65 bits per heavy atom. The second-order valence-electron chi connectivity index (χ2n) is 5.38. The summed E-state index contributed by atoms with van der Waals surface area (Å²) in [5, 5.41) is 12.7. The quantitative estimate of drug-likeness (QED) is 0.737. The normalized spacial score (nSPS) is 17.5. The van der Waals surface area contributed by atoms with E-state index in [2.05, 4.69) is 5.32 Å². The molecule has 0 unspecified atom stereocenters. The van der Waals surface area contributed by atoms with Gasteiger partial charge in [0.25, 0.3) is 0 Å². The highest BCUT2D eigenvalue weighted by Gasteiger charge is 2.38. The van der Waals surface area contributed by atoms with Crippen molar-refractivity contribution >= 4 is 11.6 Å². The zero-order valence-electron chi connectivity index (χ0n) is 11.8. The van der Waals surface area contributed by atoms with Crippen molar-refractivity contribution in [3.63, 3.8) is 0 Å². The average molecular weight is 278 g/mol. The maximum Gasteiger partial charge on any atom is 0.231 e. The molecule has 1 aromatic rings. The molecule has 1 aromatic carbocycles. The third kappa shape index (κ3) is 2.88. The number of phenols is 1. The predicted octanol–water partition coefficient (Wildman–Crippen LogP) is 2.25. The maximum absolute atomic E-state index is 12.5. The molecule has 1 aliphatic rings. The lowest BCUT2D eigenvalue weighted by atomic mass is 9.73. The van der Waals surface area contributed by atoms with Crippen molar-refractivity contribution in [1.29, 1.82) is 0 Å². The smallest absolute Gasteiger partial charge is 0.231 e. The number of methoxy groups -OCH3 is 1. The van der Waals surface area contributed by atoms with E-state index in [0.29, 0.717) is 18.0 Å². The molecule has 4 N–H and O–H groups in total. The predicted molar refractivity (Wildman–Crippen MR) is 77.9 cm³/mol. The minimum absolute atomic E-state index is 0.000630. The van der Waals surface area contributed by atoms with Crippen LogP contribution in [0.3, 0.4) is 0 Å². The van der Waals surface area contributed by atoms with Crippen LogP contribution in [0.25, 0.3) is 0 Å². The summed E-state index contributed by atoms with van der Waals surface area (Å²) >= 11 is 0. The molecule has 5 heteroatoms. The summed E-state index contributed by atoms with van der Waals surface area (Å²) in [6.07, 6.45) is 4.83. The minimum Gasteiger partial charge on any atom is -0.506 e. The van der Waals surface area contributed by atoms with E-state index in [4.69, 9.17) is 10.5 Å². The molecule has 0 aromatic heterocycles. The van der Waals surface area contributed by atoms with Crippen LogP contribution in [0.1, 0.15) is 32.1 Å². The lowest BCUT2D eigenvalue weighted by molar-refractivity contribution is -0.126. The van der Waals surface area contributed by atoms with Crippen LogP contribution in [-0.2, 0) is 4.79 Å². The fourth-order valence-electron chi connectivity index (χ4n) is 2.75. The number of nitrogens with two attached hydrogens (primary N) is 1. The van der Waals surface area contributed by atoms with Gasteiger partial charge in [0, 0.05) is 12.6 Å². The van der Waals surface area contributed by atoms with Crippen LogP contribution in [0.15, 0.2) is 18.2 Å². The first-order valence-electron chi connectivity index (χ1n) is 7.00. The van der Waals surface area contributed by atoms with Crippen molar-refractivity contribution in [2.24, 2.45) is 11.1 Å². The monoisotopic (exact) mass is 278 g/mol. The van der Waals surface area contributed by atoms with Gasteiger partial charge in [-0.05, 0) is 25.0 Å². The first-order valence-corrected chi connectivity index (χ1v) is 7.00. The second kappa shape index (κ2) is 6.13. The topological polar surface area (TPSA) is 84.6 Å². The van der Waals surface area contributed by atoms with Crippen molar-refractivity contribution in [1.82, 2.24) is 0 Å². The summed E-state index contributed by atoms with van der Waals surface area (Å²) in [5.74, 6) is 0.451. The average Bonchev–Trinajstić information content (AvgIpc) is 2.49. The second-order valence-corrected chi connectivity index (χ2v) is 5.38. The van der Waals surface area contributed by atoms with E-state index in [9.17, 15) is 9.90 Å². The number of hydrogen-bond acceptors (Lipinski definition) is 4. The van der Waals surface area contributed by atoms with Gasteiger partial charge in [-0.1, -0.05) is 19.3 Å². The molecular formula is C15H22N2O3. The Morgan fingerprint density at radius 2 is 2.10 bits per heavy atom. The van der Waals surface area contributed by atoms with Gasteiger partial charge in [0.2, 0.25) is 5.91 Å². The number of rotatable bonds is 4. The highest BCUT2D eigenvalue weighted by atomic mass is 16.5. The summed E-state index contributed by atoms with van der Waals surface area (Å²) in [4.78, 5) is 12.5. The lowest BCUT2D eigenvalue weighted by Crippen LogP contribution is -2.43. The number of aromatic hydroxyl groups is 1. The fourth-order valence-corrected chi connectivity index (χ4v) is 2.75. The molecule has 0 bridgehead atoms. The van der Waals surface area contributed by atoms with E-state index < -0.39 is 5.41 Å². The van der Waals surface area contributed by atoms with Gasteiger partial charge in [-0.2, -0.15) is 0 Å². The van der Waals surface area contributed by atoms with Crippen LogP contribution >= 0.6 is 0 Å². The molecule has 110 valence electrons. The van der Waals surface area contributed by atoms with Gasteiger partial charge in [0.1, 0.15) is 11.5 Å². The van der Waals surface area contributed by atoms with Crippen LogP contribution in [-0.4, -0.2) is 24.7 Å². The molecule has 1 saturated carbocycles. The van der Waals surface area contributed by atoms with Crippen molar-refractivity contribution in [3.05, 3.63) is 18.2 Å². The summed E-state index contributed by atoms with van der Waals surface area (Å²) < 4.78 is 5.02. The van der Waals surface area contributed by atoms with Gasteiger partial charge in [-0.15, -0.1) is 0 Å². The Morgan fingerprint density at radius 1 is 1.40 bits per heavy atom. The molecule has 0 saturated heterocycles. The highest BCUT2D eigenvalue weighted by Crippen LogP contribution is 2.37. The van der Waals surface area contributed by atoms with Crippen molar-refractivity contribution in [2.75, 3.05) is 19.0 Å². The number of anilines is 1. The number of hydrogen-bond donors (Lipinski definition) is 3. The van der Waals surface area contributed by atoms with E-state index in [1.165, 1.54) is 13.2 Å². The molecule has 0 radical (unpaired) electrons. The summed E-state index contributed by atoms with van der Waals surface area (Å²) in [6.45, 7) is 0.343. The molecule has 0 aliphatic heterocycles. The van der Waals surface area contributed by atoms with Crippen LogP contribution < -0.4 is 15.8 Å². The van der Waals surface area contributed by atoms with Gasteiger partial charge in [0.05, 0.1) is 18.2 Å². The van der Waals surface area contributed by atoms with Gasteiger partial charge in [-0.25, -0.2) is 0 Å². The molecule has 2 rings (SSSR count). The zero-order valence-corrected chi connectivity index (χ0v) is 11.8. The number of ether oxygens (including phenoxy) is 1. The third-order valence-electron chi connectivity index (χ3n) is 4.14. The first kappa shape index (κ1) is 14.7. The Kier molecular flexibility index (Phi) is 4.49. The number of phenolic OH excluding ortho intramolecular Hbond substituents is 1. The van der Waals surface area contributed by atoms with Gasteiger partial charge in [-0.3, -0.25) is 4.79 Å². The van der Waals surface area contributed by atoms with Gasteiger partial charge >= 0.3 is 0 Å². The zero-order chi connectivity index (χ0) is 14.6. The number of nitrogens with one attached hydrogen (secondary N) is 1.